The zero-order valence-corrected chi connectivity index (χ0v) is 14.7. The summed E-state index contributed by atoms with van der Waals surface area (Å²) < 4.78 is 13.6. The Labute approximate surface area is 138 Å². The summed E-state index contributed by atoms with van der Waals surface area (Å²) in [5.41, 5.74) is 1.49. The Hall–Kier alpha value is -0.270. The Kier molecular flexibility index (Phi) is 5.26. The van der Waals surface area contributed by atoms with Crippen molar-refractivity contribution in [2.24, 2.45) is 16.7 Å². The molecule has 1 aliphatic rings. The lowest BCUT2D eigenvalue weighted by molar-refractivity contribution is 0.102. The largest absolute Gasteiger partial charge is 0.205 e. The standard InChI is InChI=1S/C18H25Cl2F/c1-17(2,3)14-6-8-18(12-19,9-7-14)11-13-4-5-15(20)16(21)10-13/h4-5,10,14H,6-9,11-12H2,1-3H3. The molecule has 0 heterocycles. The molecular formula is C18H25Cl2F. The van der Waals surface area contributed by atoms with Crippen molar-refractivity contribution < 1.29 is 4.39 Å². The number of benzene rings is 1. The van der Waals surface area contributed by atoms with E-state index >= 15 is 0 Å². The van der Waals surface area contributed by atoms with Crippen LogP contribution in [0.25, 0.3) is 0 Å². The summed E-state index contributed by atoms with van der Waals surface area (Å²) in [5, 5.41) is 0.190. The molecule has 0 bridgehead atoms. The van der Waals surface area contributed by atoms with Gasteiger partial charge in [-0.25, -0.2) is 4.39 Å². The molecule has 0 spiro atoms. The van der Waals surface area contributed by atoms with Crippen molar-refractivity contribution in [3.05, 3.63) is 34.6 Å². The third-order valence-corrected chi connectivity index (χ3v) is 5.99. The van der Waals surface area contributed by atoms with Gasteiger partial charge in [-0.2, -0.15) is 0 Å². The maximum Gasteiger partial charge on any atom is 0.142 e. The van der Waals surface area contributed by atoms with Gasteiger partial charge in [0.2, 0.25) is 0 Å². The zero-order valence-electron chi connectivity index (χ0n) is 13.2. The van der Waals surface area contributed by atoms with Gasteiger partial charge in [-0.05, 0) is 66.5 Å². The molecule has 0 saturated heterocycles. The highest BCUT2D eigenvalue weighted by Crippen LogP contribution is 2.47. The highest BCUT2D eigenvalue weighted by Gasteiger charge is 2.38. The van der Waals surface area contributed by atoms with Gasteiger partial charge < -0.3 is 0 Å². The number of hydrogen-bond donors (Lipinski definition) is 0. The fourth-order valence-electron chi connectivity index (χ4n) is 3.54. The Bertz CT molecular complexity index is 482. The lowest BCUT2D eigenvalue weighted by atomic mass is 9.63. The summed E-state index contributed by atoms with van der Waals surface area (Å²) in [7, 11) is 0. The molecule has 0 unspecified atom stereocenters. The van der Waals surface area contributed by atoms with Crippen LogP contribution in [0.5, 0.6) is 0 Å². The Balaban J connectivity index is 2.08. The van der Waals surface area contributed by atoms with E-state index in [1.165, 1.54) is 12.8 Å². The minimum atomic E-state index is -0.331. The summed E-state index contributed by atoms with van der Waals surface area (Å²) >= 11 is 12.1. The van der Waals surface area contributed by atoms with Crippen LogP contribution in [0.3, 0.4) is 0 Å². The van der Waals surface area contributed by atoms with Gasteiger partial charge in [0.15, 0.2) is 0 Å². The highest BCUT2D eigenvalue weighted by atomic mass is 35.5. The van der Waals surface area contributed by atoms with Gasteiger partial charge in [0.05, 0.1) is 5.02 Å². The number of alkyl halides is 1. The molecule has 1 aromatic rings. The van der Waals surface area contributed by atoms with E-state index in [1.807, 2.05) is 6.07 Å². The Morgan fingerprint density at radius 2 is 1.86 bits per heavy atom. The second kappa shape index (κ2) is 6.46. The second-order valence-corrected chi connectivity index (χ2v) is 8.37. The van der Waals surface area contributed by atoms with E-state index in [2.05, 4.69) is 20.8 Å². The van der Waals surface area contributed by atoms with Crippen molar-refractivity contribution in [1.29, 1.82) is 0 Å². The van der Waals surface area contributed by atoms with Crippen LogP contribution < -0.4 is 0 Å². The fraction of sp³-hybridized carbons (Fsp3) is 0.667. The monoisotopic (exact) mass is 330 g/mol. The summed E-state index contributed by atoms with van der Waals surface area (Å²) in [6.07, 6.45) is 5.53. The van der Waals surface area contributed by atoms with E-state index in [9.17, 15) is 4.39 Å². The molecule has 1 aliphatic carbocycles. The normalized spacial score (nSPS) is 26.9. The average Bonchev–Trinajstić information content (AvgIpc) is 2.42. The Morgan fingerprint density at radius 3 is 2.33 bits per heavy atom. The molecule has 0 radical (unpaired) electrons. The van der Waals surface area contributed by atoms with E-state index in [0.29, 0.717) is 11.3 Å². The molecule has 1 saturated carbocycles. The summed E-state index contributed by atoms with van der Waals surface area (Å²) in [5.74, 6) is 1.08. The van der Waals surface area contributed by atoms with Crippen LogP contribution in [0, 0.1) is 22.6 Å². The Morgan fingerprint density at radius 1 is 1.24 bits per heavy atom. The molecule has 0 aliphatic heterocycles. The topological polar surface area (TPSA) is 0 Å². The average molecular weight is 331 g/mol. The SMILES string of the molecule is CC(C)(C)C1CCC(CCl)(Cc2ccc(Cl)c(F)c2)CC1. The minimum absolute atomic E-state index is 0.115. The summed E-state index contributed by atoms with van der Waals surface area (Å²) in [6, 6.07) is 5.14. The highest BCUT2D eigenvalue weighted by molar-refractivity contribution is 6.30. The van der Waals surface area contributed by atoms with Crippen LogP contribution in [-0.4, -0.2) is 5.88 Å². The molecule has 0 amide bonds. The van der Waals surface area contributed by atoms with Crippen molar-refractivity contribution in [2.45, 2.75) is 52.9 Å². The van der Waals surface area contributed by atoms with Crippen LogP contribution in [-0.2, 0) is 6.42 Å². The molecule has 118 valence electrons. The lowest BCUT2D eigenvalue weighted by Crippen LogP contribution is -2.35. The van der Waals surface area contributed by atoms with Gasteiger partial charge in [-0.1, -0.05) is 38.4 Å². The number of rotatable bonds is 3. The first-order chi connectivity index (χ1) is 9.76. The molecule has 0 N–H and O–H groups in total. The predicted molar refractivity (Wildman–Crippen MR) is 89.7 cm³/mol. The molecule has 1 aromatic carbocycles. The van der Waals surface area contributed by atoms with Crippen molar-refractivity contribution in [3.8, 4) is 0 Å². The maximum absolute atomic E-state index is 13.6. The van der Waals surface area contributed by atoms with Gasteiger partial charge in [-0.3, -0.25) is 0 Å². The first kappa shape index (κ1) is 17.1. The van der Waals surface area contributed by atoms with E-state index < -0.39 is 0 Å². The summed E-state index contributed by atoms with van der Waals surface area (Å²) in [4.78, 5) is 0. The van der Waals surface area contributed by atoms with Gasteiger partial charge in [0.1, 0.15) is 5.82 Å². The van der Waals surface area contributed by atoms with Gasteiger partial charge in [-0.15, -0.1) is 11.6 Å². The van der Waals surface area contributed by atoms with Crippen LogP contribution >= 0.6 is 23.2 Å². The molecular weight excluding hydrogens is 306 g/mol. The van der Waals surface area contributed by atoms with Crippen LogP contribution in [0.15, 0.2) is 18.2 Å². The van der Waals surface area contributed by atoms with E-state index in [1.54, 1.807) is 12.1 Å². The lowest BCUT2D eigenvalue weighted by Gasteiger charge is -2.43. The third-order valence-electron chi connectivity index (χ3n) is 5.12. The van der Waals surface area contributed by atoms with Crippen LogP contribution in [0.2, 0.25) is 5.02 Å². The third kappa shape index (κ3) is 4.13. The van der Waals surface area contributed by atoms with Gasteiger partial charge in [0.25, 0.3) is 0 Å². The first-order valence-electron chi connectivity index (χ1n) is 7.76. The molecule has 0 aromatic heterocycles. The molecule has 21 heavy (non-hydrogen) atoms. The van der Waals surface area contributed by atoms with Crippen LogP contribution in [0.1, 0.15) is 52.0 Å². The molecule has 0 atom stereocenters. The van der Waals surface area contributed by atoms with Crippen LogP contribution in [0.4, 0.5) is 4.39 Å². The van der Waals surface area contributed by atoms with Crippen molar-refractivity contribution in [2.75, 3.05) is 5.88 Å². The molecule has 1 fully saturated rings. The van der Waals surface area contributed by atoms with E-state index in [4.69, 9.17) is 23.2 Å². The molecule has 2 rings (SSSR count). The maximum atomic E-state index is 13.6. The van der Waals surface area contributed by atoms with Gasteiger partial charge >= 0.3 is 0 Å². The quantitative estimate of drug-likeness (QED) is 0.556. The fourth-order valence-corrected chi connectivity index (χ4v) is 4.02. The second-order valence-electron chi connectivity index (χ2n) is 7.70. The van der Waals surface area contributed by atoms with E-state index in [-0.39, 0.29) is 16.3 Å². The van der Waals surface area contributed by atoms with E-state index in [0.717, 1.165) is 30.7 Å². The number of hydrogen-bond acceptors (Lipinski definition) is 0. The zero-order chi connectivity index (χ0) is 15.7. The minimum Gasteiger partial charge on any atom is -0.205 e. The molecule has 0 nitrogen and oxygen atoms in total. The summed E-state index contributed by atoms with van der Waals surface area (Å²) in [6.45, 7) is 6.96. The predicted octanol–water partition coefficient (Wildman–Crippen LogP) is 6.48. The number of halogens is 3. The van der Waals surface area contributed by atoms with Crippen molar-refractivity contribution in [3.63, 3.8) is 0 Å². The first-order valence-corrected chi connectivity index (χ1v) is 8.67. The molecule has 3 heteroatoms. The van der Waals surface area contributed by atoms with Crippen molar-refractivity contribution >= 4 is 23.2 Å². The van der Waals surface area contributed by atoms with Crippen molar-refractivity contribution in [1.82, 2.24) is 0 Å². The smallest absolute Gasteiger partial charge is 0.142 e. The van der Waals surface area contributed by atoms with Gasteiger partial charge in [0, 0.05) is 5.88 Å².